The van der Waals surface area contributed by atoms with Crippen molar-refractivity contribution in [2.24, 2.45) is 5.92 Å². The number of nitrogens with one attached hydrogen (secondary N) is 1. The first-order chi connectivity index (χ1) is 14.5. The monoisotopic (exact) mass is 405 g/mol. The Morgan fingerprint density at radius 3 is 2.30 bits per heavy atom. The van der Waals surface area contributed by atoms with E-state index < -0.39 is 0 Å². The Morgan fingerprint density at radius 2 is 1.70 bits per heavy atom. The number of benzene rings is 2. The topological polar surface area (TPSA) is 52.6 Å². The van der Waals surface area contributed by atoms with Crippen molar-refractivity contribution in [3.05, 3.63) is 59.7 Å². The first kappa shape index (κ1) is 20.5. The maximum absolute atomic E-state index is 13.1. The number of urea groups is 1. The van der Waals surface area contributed by atoms with E-state index in [0.717, 1.165) is 55.7 Å². The van der Waals surface area contributed by atoms with Gasteiger partial charge < -0.3 is 10.2 Å². The zero-order chi connectivity index (χ0) is 21.1. The molecule has 0 aromatic heterocycles. The molecule has 0 unspecified atom stereocenters. The molecule has 30 heavy (non-hydrogen) atoms. The van der Waals surface area contributed by atoms with Crippen molar-refractivity contribution in [2.75, 3.05) is 23.3 Å². The smallest absolute Gasteiger partial charge is 0.324 e. The number of hydrogen-bond acceptors (Lipinski definition) is 2. The lowest BCUT2D eigenvalue weighted by molar-refractivity contribution is -0.122. The highest BCUT2D eigenvalue weighted by molar-refractivity contribution is 5.95. The van der Waals surface area contributed by atoms with Crippen molar-refractivity contribution in [3.8, 4) is 0 Å². The van der Waals surface area contributed by atoms with Crippen LogP contribution in [0.2, 0.25) is 0 Å². The van der Waals surface area contributed by atoms with E-state index in [-0.39, 0.29) is 17.9 Å². The van der Waals surface area contributed by atoms with Gasteiger partial charge in [0, 0.05) is 36.9 Å². The van der Waals surface area contributed by atoms with Gasteiger partial charge in [-0.1, -0.05) is 44.5 Å². The lowest BCUT2D eigenvalue weighted by Gasteiger charge is -2.36. The number of rotatable bonds is 6. The predicted octanol–water partition coefficient (Wildman–Crippen LogP) is 5.38. The molecule has 1 aliphatic carbocycles. The Morgan fingerprint density at radius 1 is 1.00 bits per heavy atom. The van der Waals surface area contributed by atoms with Crippen molar-refractivity contribution in [3.63, 3.8) is 0 Å². The van der Waals surface area contributed by atoms with E-state index in [1.807, 2.05) is 34.1 Å². The molecule has 0 spiro atoms. The van der Waals surface area contributed by atoms with Crippen LogP contribution in [0.1, 0.15) is 56.6 Å². The quantitative estimate of drug-likeness (QED) is 0.701. The number of hydrogen-bond donors (Lipinski definition) is 1. The SMILES string of the molecule is CC(C)c1ccc(CN2CCCN(c3ccc(NC(=O)C4CCC4)cc3)C2=O)cc1. The summed E-state index contributed by atoms with van der Waals surface area (Å²) >= 11 is 0. The highest BCUT2D eigenvalue weighted by Gasteiger charge is 2.27. The van der Waals surface area contributed by atoms with Crippen LogP contribution in [0.3, 0.4) is 0 Å². The lowest BCUT2D eigenvalue weighted by atomic mass is 9.85. The van der Waals surface area contributed by atoms with Gasteiger partial charge in [-0.05, 0) is 60.6 Å². The number of amides is 3. The van der Waals surface area contributed by atoms with E-state index in [9.17, 15) is 9.59 Å². The standard InChI is InChI=1S/C25H31N3O2/c1-18(2)20-9-7-19(8-10-20)17-27-15-4-16-28(25(27)30)23-13-11-22(12-14-23)26-24(29)21-5-3-6-21/h7-14,18,21H,3-6,15-17H2,1-2H3,(H,26,29). The molecule has 0 bridgehead atoms. The van der Waals surface area contributed by atoms with Crippen LogP contribution in [0.15, 0.2) is 48.5 Å². The van der Waals surface area contributed by atoms with E-state index in [1.165, 1.54) is 5.56 Å². The summed E-state index contributed by atoms with van der Waals surface area (Å²) in [6.07, 6.45) is 4.06. The molecule has 4 rings (SSSR count). The van der Waals surface area contributed by atoms with Gasteiger partial charge in [0.25, 0.3) is 0 Å². The third-order valence-corrected chi connectivity index (χ3v) is 6.25. The maximum Gasteiger partial charge on any atom is 0.324 e. The fraction of sp³-hybridized carbons (Fsp3) is 0.440. The number of nitrogens with zero attached hydrogens (tertiary/aromatic N) is 2. The summed E-state index contributed by atoms with van der Waals surface area (Å²) in [5, 5.41) is 2.99. The third-order valence-electron chi connectivity index (χ3n) is 6.25. The molecule has 0 atom stereocenters. The molecule has 5 heteroatoms. The molecule has 2 aromatic rings. The summed E-state index contributed by atoms with van der Waals surface area (Å²) in [5.41, 5.74) is 4.14. The summed E-state index contributed by atoms with van der Waals surface area (Å²) in [7, 11) is 0. The minimum Gasteiger partial charge on any atom is -0.326 e. The fourth-order valence-corrected chi connectivity index (χ4v) is 4.04. The van der Waals surface area contributed by atoms with E-state index in [4.69, 9.17) is 0 Å². The molecule has 2 aliphatic rings. The van der Waals surface area contributed by atoms with Gasteiger partial charge in [-0.3, -0.25) is 9.69 Å². The second-order valence-corrected chi connectivity index (χ2v) is 8.77. The van der Waals surface area contributed by atoms with Gasteiger partial charge >= 0.3 is 6.03 Å². The molecule has 5 nitrogen and oxygen atoms in total. The van der Waals surface area contributed by atoms with Crippen LogP contribution in [0.4, 0.5) is 16.2 Å². The summed E-state index contributed by atoms with van der Waals surface area (Å²) < 4.78 is 0. The van der Waals surface area contributed by atoms with Crippen LogP contribution in [0, 0.1) is 5.92 Å². The first-order valence-corrected chi connectivity index (χ1v) is 11.1. The molecule has 1 saturated heterocycles. The Labute approximate surface area is 179 Å². The number of carbonyl (C=O) groups excluding carboxylic acids is 2. The average molecular weight is 406 g/mol. The minimum absolute atomic E-state index is 0.0421. The van der Waals surface area contributed by atoms with E-state index in [1.54, 1.807) is 0 Å². The van der Waals surface area contributed by atoms with Gasteiger partial charge in [0.05, 0.1) is 0 Å². The Kier molecular flexibility index (Phi) is 6.07. The normalized spacial score (nSPS) is 17.2. The van der Waals surface area contributed by atoms with Crippen LogP contribution < -0.4 is 10.2 Å². The Balaban J connectivity index is 1.39. The minimum atomic E-state index is 0.0421. The second-order valence-electron chi connectivity index (χ2n) is 8.77. The molecule has 1 N–H and O–H groups in total. The molecule has 2 fully saturated rings. The average Bonchev–Trinajstić information content (AvgIpc) is 2.69. The van der Waals surface area contributed by atoms with Crippen molar-refractivity contribution < 1.29 is 9.59 Å². The summed E-state index contributed by atoms with van der Waals surface area (Å²) in [5.74, 6) is 0.779. The van der Waals surface area contributed by atoms with Gasteiger partial charge in [-0.2, -0.15) is 0 Å². The number of carbonyl (C=O) groups is 2. The Bertz CT molecular complexity index is 886. The lowest BCUT2D eigenvalue weighted by Crippen LogP contribution is -2.49. The third kappa shape index (κ3) is 4.50. The molecule has 2 aromatic carbocycles. The van der Waals surface area contributed by atoms with Gasteiger partial charge in [0.2, 0.25) is 5.91 Å². The van der Waals surface area contributed by atoms with Crippen molar-refractivity contribution in [1.29, 1.82) is 0 Å². The van der Waals surface area contributed by atoms with Crippen LogP contribution in [-0.4, -0.2) is 29.9 Å². The van der Waals surface area contributed by atoms with Crippen molar-refractivity contribution >= 4 is 23.3 Å². The van der Waals surface area contributed by atoms with Crippen LogP contribution >= 0.6 is 0 Å². The maximum atomic E-state index is 13.1. The predicted molar refractivity (Wildman–Crippen MR) is 121 cm³/mol. The van der Waals surface area contributed by atoms with E-state index in [0.29, 0.717) is 12.5 Å². The van der Waals surface area contributed by atoms with Crippen LogP contribution in [0.25, 0.3) is 0 Å². The van der Waals surface area contributed by atoms with Gasteiger partial charge in [0.1, 0.15) is 0 Å². The molecular weight excluding hydrogens is 374 g/mol. The van der Waals surface area contributed by atoms with Crippen LogP contribution in [-0.2, 0) is 11.3 Å². The summed E-state index contributed by atoms with van der Waals surface area (Å²) in [4.78, 5) is 29.0. The molecule has 158 valence electrons. The van der Waals surface area contributed by atoms with Crippen LogP contribution in [0.5, 0.6) is 0 Å². The Hall–Kier alpha value is -2.82. The van der Waals surface area contributed by atoms with Gasteiger partial charge in [0.15, 0.2) is 0 Å². The van der Waals surface area contributed by atoms with E-state index >= 15 is 0 Å². The highest BCUT2D eigenvalue weighted by atomic mass is 16.2. The highest BCUT2D eigenvalue weighted by Crippen LogP contribution is 2.28. The van der Waals surface area contributed by atoms with Gasteiger partial charge in [-0.15, -0.1) is 0 Å². The molecule has 1 heterocycles. The number of anilines is 2. The summed E-state index contributed by atoms with van der Waals surface area (Å²) in [6.45, 7) is 6.49. The molecule has 0 radical (unpaired) electrons. The van der Waals surface area contributed by atoms with Gasteiger partial charge in [-0.25, -0.2) is 4.79 Å². The summed E-state index contributed by atoms with van der Waals surface area (Å²) in [6, 6.07) is 16.2. The van der Waals surface area contributed by atoms with Crippen molar-refractivity contribution in [2.45, 2.75) is 52.0 Å². The largest absolute Gasteiger partial charge is 0.326 e. The fourth-order valence-electron chi connectivity index (χ4n) is 4.04. The zero-order valence-electron chi connectivity index (χ0n) is 17.9. The van der Waals surface area contributed by atoms with Crippen molar-refractivity contribution in [1.82, 2.24) is 4.90 Å². The second kappa shape index (κ2) is 8.90. The molecular formula is C25H31N3O2. The van der Waals surface area contributed by atoms with E-state index in [2.05, 4.69) is 43.4 Å². The molecule has 1 saturated carbocycles. The molecule has 1 aliphatic heterocycles. The first-order valence-electron chi connectivity index (χ1n) is 11.1. The zero-order valence-corrected chi connectivity index (χ0v) is 17.9. The molecule has 3 amide bonds.